The number of nitrogens with one attached hydrogen (secondary N) is 1. The molecule has 0 unspecified atom stereocenters. The van der Waals surface area contributed by atoms with Crippen LogP contribution in [0.5, 0.6) is 0 Å². The van der Waals surface area contributed by atoms with Crippen LogP contribution in [0.4, 0.5) is 5.69 Å². The molecular formula is C9H14ClNSi. The molecule has 1 aromatic carbocycles. The first-order chi connectivity index (χ1) is 5.47. The standard InChI is InChI=1S/C9H14ClNSi/c1-12(2,3)11-9-6-4-8(10)5-7-9/h4-7,11H,1-3H3. The molecule has 1 N–H and O–H groups in total. The van der Waals surface area contributed by atoms with Gasteiger partial charge in [0.2, 0.25) is 0 Å². The zero-order chi connectivity index (χ0) is 9.19. The summed E-state index contributed by atoms with van der Waals surface area (Å²) < 4.78 is 0. The number of rotatable bonds is 2. The Morgan fingerprint density at radius 3 is 2.00 bits per heavy atom. The van der Waals surface area contributed by atoms with Gasteiger partial charge in [-0.05, 0) is 24.3 Å². The molecule has 0 aliphatic rings. The molecule has 66 valence electrons. The lowest BCUT2D eigenvalue weighted by molar-refractivity contribution is 1.57. The zero-order valence-electron chi connectivity index (χ0n) is 7.69. The van der Waals surface area contributed by atoms with Gasteiger partial charge in [-0.25, -0.2) is 0 Å². The molecule has 12 heavy (non-hydrogen) atoms. The Kier molecular flexibility index (Phi) is 2.80. The van der Waals surface area contributed by atoms with Gasteiger partial charge in [-0.1, -0.05) is 31.2 Å². The van der Waals surface area contributed by atoms with E-state index in [1.54, 1.807) is 0 Å². The second-order valence-electron chi connectivity index (χ2n) is 3.88. The summed E-state index contributed by atoms with van der Waals surface area (Å²) in [7, 11) is -1.21. The average molecular weight is 200 g/mol. The van der Waals surface area contributed by atoms with Crippen LogP contribution in [0.15, 0.2) is 24.3 Å². The maximum absolute atomic E-state index is 5.77. The molecule has 1 rings (SSSR count). The maximum atomic E-state index is 5.77. The molecule has 0 bridgehead atoms. The van der Waals surface area contributed by atoms with E-state index in [1.165, 1.54) is 5.69 Å². The molecule has 0 radical (unpaired) electrons. The smallest absolute Gasteiger partial charge is 0.144 e. The van der Waals surface area contributed by atoms with E-state index in [2.05, 4.69) is 24.6 Å². The van der Waals surface area contributed by atoms with Gasteiger partial charge in [0.25, 0.3) is 0 Å². The molecule has 0 aliphatic carbocycles. The van der Waals surface area contributed by atoms with E-state index in [9.17, 15) is 0 Å². The van der Waals surface area contributed by atoms with Crippen LogP contribution < -0.4 is 4.98 Å². The minimum atomic E-state index is -1.21. The Bertz CT molecular complexity index is 250. The summed E-state index contributed by atoms with van der Waals surface area (Å²) in [5.74, 6) is 0. The summed E-state index contributed by atoms with van der Waals surface area (Å²) in [5, 5.41) is 0.788. The lowest BCUT2D eigenvalue weighted by Crippen LogP contribution is -2.32. The summed E-state index contributed by atoms with van der Waals surface area (Å²) >= 11 is 5.77. The van der Waals surface area contributed by atoms with E-state index in [-0.39, 0.29) is 0 Å². The van der Waals surface area contributed by atoms with E-state index >= 15 is 0 Å². The minimum Gasteiger partial charge on any atom is -0.411 e. The highest BCUT2D eigenvalue weighted by Gasteiger charge is 2.11. The monoisotopic (exact) mass is 199 g/mol. The topological polar surface area (TPSA) is 12.0 Å². The fourth-order valence-corrected chi connectivity index (χ4v) is 2.12. The number of halogens is 1. The zero-order valence-corrected chi connectivity index (χ0v) is 9.44. The van der Waals surface area contributed by atoms with Crippen molar-refractivity contribution in [3.8, 4) is 0 Å². The second kappa shape index (κ2) is 3.50. The van der Waals surface area contributed by atoms with E-state index in [0.29, 0.717) is 0 Å². The van der Waals surface area contributed by atoms with Crippen molar-refractivity contribution in [3.05, 3.63) is 29.3 Å². The van der Waals surface area contributed by atoms with Crippen molar-refractivity contribution < 1.29 is 0 Å². The Morgan fingerprint density at radius 2 is 1.58 bits per heavy atom. The molecule has 0 aliphatic heterocycles. The molecular weight excluding hydrogens is 186 g/mol. The highest BCUT2D eigenvalue weighted by atomic mass is 35.5. The predicted octanol–water partition coefficient (Wildman–Crippen LogP) is 3.59. The van der Waals surface area contributed by atoms with Gasteiger partial charge in [0.1, 0.15) is 8.24 Å². The maximum Gasteiger partial charge on any atom is 0.144 e. The summed E-state index contributed by atoms with van der Waals surface area (Å²) in [5.41, 5.74) is 1.17. The minimum absolute atomic E-state index is 0.788. The Morgan fingerprint density at radius 1 is 1.08 bits per heavy atom. The Labute approximate surface area is 79.8 Å². The van der Waals surface area contributed by atoms with Crippen molar-refractivity contribution in [2.75, 3.05) is 4.98 Å². The van der Waals surface area contributed by atoms with Crippen molar-refractivity contribution in [2.24, 2.45) is 0 Å². The van der Waals surface area contributed by atoms with Gasteiger partial charge in [-0.2, -0.15) is 0 Å². The average Bonchev–Trinajstić information content (AvgIpc) is 1.91. The van der Waals surface area contributed by atoms with E-state index in [1.807, 2.05) is 24.3 Å². The predicted molar refractivity (Wildman–Crippen MR) is 58.4 cm³/mol. The van der Waals surface area contributed by atoms with Crippen molar-refractivity contribution >= 4 is 25.5 Å². The highest BCUT2D eigenvalue weighted by molar-refractivity contribution is 6.79. The fourth-order valence-electron chi connectivity index (χ4n) is 0.966. The summed E-state index contributed by atoms with van der Waals surface area (Å²) in [6.45, 7) is 6.80. The normalized spacial score (nSPS) is 11.3. The van der Waals surface area contributed by atoms with Crippen molar-refractivity contribution in [2.45, 2.75) is 19.6 Å². The molecule has 0 atom stereocenters. The van der Waals surface area contributed by atoms with Gasteiger partial charge >= 0.3 is 0 Å². The lowest BCUT2D eigenvalue weighted by atomic mass is 10.3. The molecule has 0 fully saturated rings. The van der Waals surface area contributed by atoms with Crippen LogP contribution in [-0.2, 0) is 0 Å². The van der Waals surface area contributed by atoms with E-state index < -0.39 is 8.24 Å². The Balaban J connectivity index is 2.71. The van der Waals surface area contributed by atoms with Crippen LogP contribution in [0.3, 0.4) is 0 Å². The quantitative estimate of drug-likeness (QED) is 0.718. The molecule has 1 aromatic rings. The molecule has 0 saturated carbocycles. The molecule has 3 heteroatoms. The first kappa shape index (κ1) is 9.61. The molecule has 0 amide bonds. The molecule has 0 aromatic heterocycles. The van der Waals surface area contributed by atoms with Gasteiger partial charge in [-0.15, -0.1) is 0 Å². The van der Waals surface area contributed by atoms with Crippen LogP contribution in [0.25, 0.3) is 0 Å². The summed E-state index contributed by atoms with van der Waals surface area (Å²) in [4.78, 5) is 3.49. The van der Waals surface area contributed by atoms with Crippen molar-refractivity contribution in [3.63, 3.8) is 0 Å². The van der Waals surface area contributed by atoms with Gasteiger partial charge in [-0.3, -0.25) is 0 Å². The molecule has 0 heterocycles. The van der Waals surface area contributed by atoms with Gasteiger partial charge in [0, 0.05) is 10.7 Å². The van der Waals surface area contributed by atoms with Crippen LogP contribution in [0.1, 0.15) is 0 Å². The molecule has 0 spiro atoms. The van der Waals surface area contributed by atoms with Gasteiger partial charge in [0.05, 0.1) is 0 Å². The molecule has 1 nitrogen and oxygen atoms in total. The first-order valence-corrected chi connectivity index (χ1v) is 7.89. The van der Waals surface area contributed by atoms with Crippen LogP contribution in [-0.4, -0.2) is 8.24 Å². The number of hydrogen-bond donors (Lipinski definition) is 1. The lowest BCUT2D eigenvalue weighted by Gasteiger charge is -2.19. The van der Waals surface area contributed by atoms with Crippen LogP contribution >= 0.6 is 11.6 Å². The Hall–Kier alpha value is -0.473. The largest absolute Gasteiger partial charge is 0.411 e. The number of anilines is 1. The van der Waals surface area contributed by atoms with Crippen LogP contribution in [0, 0.1) is 0 Å². The number of hydrogen-bond acceptors (Lipinski definition) is 1. The third-order valence-corrected chi connectivity index (χ3v) is 2.65. The van der Waals surface area contributed by atoms with E-state index in [4.69, 9.17) is 11.6 Å². The van der Waals surface area contributed by atoms with Gasteiger partial charge in [0.15, 0.2) is 0 Å². The second-order valence-corrected chi connectivity index (χ2v) is 9.07. The third-order valence-electron chi connectivity index (χ3n) is 1.36. The first-order valence-electron chi connectivity index (χ1n) is 4.01. The highest BCUT2D eigenvalue weighted by Crippen LogP contribution is 2.15. The van der Waals surface area contributed by atoms with E-state index in [0.717, 1.165) is 5.02 Å². The molecule has 0 saturated heterocycles. The number of benzene rings is 1. The van der Waals surface area contributed by atoms with Gasteiger partial charge < -0.3 is 4.98 Å². The van der Waals surface area contributed by atoms with Crippen molar-refractivity contribution in [1.82, 2.24) is 0 Å². The summed E-state index contributed by atoms with van der Waals surface area (Å²) in [6.07, 6.45) is 0. The van der Waals surface area contributed by atoms with Crippen LogP contribution in [0.2, 0.25) is 24.7 Å². The SMILES string of the molecule is C[Si](C)(C)Nc1ccc(Cl)cc1. The van der Waals surface area contributed by atoms with Crippen molar-refractivity contribution in [1.29, 1.82) is 0 Å². The third kappa shape index (κ3) is 3.28. The fraction of sp³-hybridized carbons (Fsp3) is 0.333. The summed E-state index contributed by atoms with van der Waals surface area (Å²) in [6, 6.07) is 7.84.